The average Bonchev–Trinajstić information content (AvgIpc) is 2.49. The molecule has 0 fully saturated rings. The second-order valence-electron chi connectivity index (χ2n) is 4.68. The summed E-state index contributed by atoms with van der Waals surface area (Å²) in [5.41, 5.74) is 0.890. The summed E-state index contributed by atoms with van der Waals surface area (Å²) in [6.45, 7) is 1.69. The van der Waals surface area contributed by atoms with Crippen LogP contribution in [0, 0.1) is 28.1 Å². The van der Waals surface area contributed by atoms with Crippen LogP contribution in [-0.2, 0) is 0 Å². The van der Waals surface area contributed by atoms with Crippen molar-refractivity contribution in [3.63, 3.8) is 0 Å². The van der Waals surface area contributed by atoms with E-state index in [0.717, 1.165) is 11.1 Å². The average molecular weight is 246 g/mol. The topological polar surface area (TPSA) is 47.6 Å². The van der Waals surface area contributed by atoms with Crippen LogP contribution in [0.4, 0.5) is 0 Å². The van der Waals surface area contributed by atoms with Crippen molar-refractivity contribution in [3.05, 3.63) is 71.8 Å². The summed E-state index contributed by atoms with van der Waals surface area (Å²) in [5.74, 6) is -0.245. The third-order valence-corrected chi connectivity index (χ3v) is 3.31. The molecule has 2 heteroatoms. The molecule has 0 saturated carbocycles. The first-order chi connectivity index (χ1) is 9.21. The van der Waals surface area contributed by atoms with Gasteiger partial charge in [0.05, 0.1) is 12.1 Å². The maximum atomic E-state index is 9.41. The zero-order chi connectivity index (χ0) is 13.7. The van der Waals surface area contributed by atoms with Crippen LogP contribution in [0.25, 0.3) is 0 Å². The summed E-state index contributed by atoms with van der Waals surface area (Å²) in [6.07, 6.45) is 0. The Balaban J connectivity index is 2.60. The van der Waals surface area contributed by atoms with E-state index in [1.165, 1.54) is 0 Å². The minimum atomic E-state index is -1.08. The molecular weight excluding hydrogens is 232 g/mol. The standard InChI is InChI=1S/C17H14N2/c1-17(12-18,13-19)16(14-8-4-2-5-9-14)15-10-6-3-7-11-15/h2-11,16H,1H3. The lowest BCUT2D eigenvalue weighted by molar-refractivity contribution is 0.505. The van der Waals surface area contributed by atoms with E-state index in [0.29, 0.717) is 0 Å². The lowest BCUT2D eigenvalue weighted by atomic mass is 9.72. The Bertz CT molecular complexity index is 564. The van der Waals surface area contributed by atoms with Crippen LogP contribution in [0.1, 0.15) is 24.0 Å². The van der Waals surface area contributed by atoms with Gasteiger partial charge in [-0.3, -0.25) is 0 Å². The highest BCUT2D eigenvalue weighted by molar-refractivity contribution is 5.40. The Hall–Kier alpha value is -2.58. The maximum absolute atomic E-state index is 9.41. The Morgan fingerprint density at radius 1 is 0.789 bits per heavy atom. The summed E-state index contributed by atoms with van der Waals surface area (Å²) in [7, 11) is 0. The van der Waals surface area contributed by atoms with Crippen LogP contribution in [0.15, 0.2) is 60.7 Å². The summed E-state index contributed by atoms with van der Waals surface area (Å²) >= 11 is 0. The van der Waals surface area contributed by atoms with Crippen LogP contribution in [0.5, 0.6) is 0 Å². The molecule has 92 valence electrons. The van der Waals surface area contributed by atoms with Crippen LogP contribution < -0.4 is 0 Å². The van der Waals surface area contributed by atoms with Crippen molar-refractivity contribution >= 4 is 0 Å². The molecule has 2 aromatic rings. The molecule has 0 spiro atoms. The minimum Gasteiger partial charge on any atom is -0.197 e. The molecule has 0 aliphatic carbocycles. The normalized spacial score (nSPS) is 10.7. The van der Waals surface area contributed by atoms with Crippen molar-refractivity contribution in [2.75, 3.05) is 0 Å². The SMILES string of the molecule is CC(C#N)(C#N)C(c1ccccc1)c1ccccc1. The maximum Gasteiger partial charge on any atom is 0.151 e. The van der Waals surface area contributed by atoms with E-state index in [9.17, 15) is 10.5 Å². The molecule has 2 nitrogen and oxygen atoms in total. The zero-order valence-electron chi connectivity index (χ0n) is 10.7. The highest BCUT2D eigenvalue weighted by atomic mass is 14.4. The molecule has 0 unspecified atom stereocenters. The Morgan fingerprint density at radius 3 is 1.47 bits per heavy atom. The molecule has 0 heterocycles. The van der Waals surface area contributed by atoms with Crippen molar-refractivity contribution in [1.82, 2.24) is 0 Å². The van der Waals surface area contributed by atoms with Crippen LogP contribution in [0.2, 0.25) is 0 Å². The van der Waals surface area contributed by atoms with Gasteiger partial charge in [0.1, 0.15) is 0 Å². The largest absolute Gasteiger partial charge is 0.197 e. The molecule has 0 bridgehead atoms. The van der Waals surface area contributed by atoms with Gasteiger partial charge < -0.3 is 0 Å². The number of hydrogen-bond acceptors (Lipinski definition) is 2. The number of nitriles is 2. The first-order valence-corrected chi connectivity index (χ1v) is 6.13. The van der Waals surface area contributed by atoms with Gasteiger partial charge in [0, 0.05) is 5.92 Å². The molecule has 0 aliphatic rings. The highest BCUT2D eigenvalue weighted by Gasteiger charge is 2.36. The van der Waals surface area contributed by atoms with Gasteiger partial charge in [-0.25, -0.2) is 0 Å². The smallest absolute Gasteiger partial charge is 0.151 e. The monoisotopic (exact) mass is 246 g/mol. The summed E-state index contributed by atoms with van der Waals surface area (Å²) < 4.78 is 0. The third-order valence-electron chi connectivity index (χ3n) is 3.31. The Kier molecular flexibility index (Phi) is 3.64. The fourth-order valence-electron chi connectivity index (χ4n) is 2.30. The number of hydrogen-bond donors (Lipinski definition) is 0. The van der Waals surface area contributed by atoms with Crippen LogP contribution in [-0.4, -0.2) is 0 Å². The Morgan fingerprint density at radius 2 is 1.16 bits per heavy atom. The summed E-state index contributed by atoms with van der Waals surface area (Å²) in [4.78, 5) is 0. The predicted molar refractivity (Wildman–Crippen MR) is 74.1 cm³/mol. The van der Waals surface area contributed by atoms with Gasteiger partial charge in [-0.2, -0.15) is 10.5 Å². The first kappa shape index (κ1) is 12.9. The van der Waals surface area contributed by atoms with E-state index in [1.807, 2.05) is 60.7 Å². The molecule has 2 aromatic carbocycles. The zero-order valence-corrected chi connectivity index (χ0v) is 10.7. The molecule has 0 atom stereocenters. The molecule has 19 heavy (non-hydrogen) atoms. The fourth-order valence-corrected chi connectivity index (χ4v) is 2.30. The van der Waals surface area contributed by atoms with E-state index in [1.54, 1.807) is 6.92 Å². The second kappa shape index (κ2) is 5.38. The van der Waals surface area contributed by atoms with Gasteiger partial charge in [0.25, 0.3) is 0 Å². The number of nitrogens with zero attached hydrogens (tertiary/aromatic N) is 2. The third kappa shape index (κ3) is 2.49. The minimum absolute atomic E-state index is 0.245. The van der Waals surface area contributed by atoms with Gasteiger partial charge >= 0.3 is 0 Å². The van der Waals surface area contributed by atoms with Crippen molar-refractivity contribution < 1.29 is 0 Å². The van der Waals surface area contributed by atoms with Crippen molar-refractivity contribution in [1.29, 1.82) is 10.5 Å². The molecule has 0 amide bonds. The van der Waals surface area contributed by atoms with Crippen molar-refractivity contribution in [2.45, 2.75) is 12.8 Å². The molecule has 0 radical (unpaired) electrons. The van der Waals surface area contributed by atoms with E-state index >= 15 is 0 Å². The summed E-state index contributed by atoms with van der Waals surface area (Å²) in [6, 6.07) is 23.8. The molecule has 0 saturated heterocycles. The van der Waals surface area contributed by atoms with E-state index in [4.69, 9.17) is 0 Å². The van der Waals surface area contributed by atoms with Gasteiger partial charge in [-0.1, -0.05) is 60.7 Å². The second-order valence-corrected chi connectivity index (χ2v) is 4.68. The quantitative estimate of drug-likeness (QED) is 0.825. The van der Waals surface area contributed by atoms with Gasteiger partial charge in [-0.05, 0) is 18.1 Å². The van der Waals surface area contributed by atoms with E-state index < -0.39 is 5.41 Å². The number of benzene rings is 2. The molecule has 2 rings (SSSR count). The molecule has 0 aliphatic heterocycles. The van der Waals surface area contributed by atoms with Crippen LogP contribution in [0.3, 0.4) is 0 Å². The number of rotatable bonds is 3. The highest BCUT2D eigenvalue weighted by Crippen LogP contribution is 2.40. The van der Waals surface area contributed by atoms with Gasteiger partial charge in [-0.15, -0.1) is 0 Å². The Labute approximate surface area is 113 Å². The predicted octanol–water partition coefficient (Wildman–Crippen LogP) is 3.87. The van der Waals surface area contributed by atoms with E-state index in [2.05, 4.69) is 12.1 Å². The molecule has 0 N–H and O–H groups in total. The molecule has 0 aromatic heterocycles. The van der Waals surface area contributed by atoms with Crippen molar-refractivity contribution in [3.8, 4) is 12.1 Å². The summed E-state index contributed by atoms with van der Waals surface area (Å²) in [5, 5.41) is 18.8. The van der Waals surface area contributed by atoms with Crippen molar-refractivity contribution in [2.24, 2.45) is 5.41 Å². The lowest BCUT2D eigenvalue weighted by Gasteiger charge is -2.26. The van der Waals surface area contributed by atoms with Gasteiger partial charge in [0.2, 0.25) is 0 Å². The first-order valence-electron chi connectivity index (χ1n) is 6.13. The van der Waals surface area contributed by atoms with Crippen LogP contribution >= 0.6 is 0 Å². The fraction of sp³-hybridized carbons (Fsp3) is 0.176. The van der Waals surface area contributed by atoms with Gasteiger partial charge in [0.15, 0.2) is 5.41 Å². The lowest BCUT2D eigenvalue weighted by Crippen LogP contribution is -2.23. The van der Waals surface area contributed by atoms with E-state index in [-0.39, 0.29) is 5.92 Å². The molecular formula is C17H14N2.